The lowest BCUT2D eigenvalue weighted by atomic mass is 9.91. The van der Waals surface area contributed by atoms with Crippen LogP contribution in [0.5, 0.6) is 0 Å². The van der Waals surface area contributed by atoms with E-state index in [1.165, 1.54) is 0 Å². The number of nitrogens with zero attached hydrogens (tertiary/aromatic N) is 1. The van der Waals surface area contributed by atoms with E-state index in [1.807, 2.05) is 75.4 Å². The molecule has 1 fully saturated rings. The first-order valence-electron chi connectivity index (χ1n) is 13.2. The summed E-state index contributed by atoms with van der Waals surface area (Å²) in [4.78, 5) is 41.5. The van der Waals surface area contributed by atoms with Gasteiger partial charge >= 0.3 is 6.09 Å². The number of amides is 2. The number of ether oxygens (including phenoxy) is 1. The Kier molecular flexibility index (Phi) is 8.79. The summed E-state index contributed by atoms with van der Waals surface area (Å²) < 4.78 is 11.3. The number of carbonyl (C=O) groups excluding carboxylic acids is 3. The van der Waals surface area contributed by atoms with Crippen LogP contribution in [0.2, 0.25) is 0 Å². The zero-order valence-electron chi connectivity index (χ0n) is 22.2. The van der Waals surface area contributed by atoms with Crippen LogP contribution in [-0.4, -0.2) is 47.0 Å². The molecule has 1 aromatic heterocycles. The molecule has 2 aromatic carbocycles. The zero-order chi connectivity index (χ0) is 27.2. The third-order valence-corrected chi connectivity index (χ3v) is 7.00. The lowest BCUT2D eigenvalue weighted by molar-refractivity contribution is -0.132. The summed E-state index contributed by atoms with van der Waals surface area (Å²) in [6, 6.07) is 18.5. The molecule has 0 aliphatic carbocycles. The molecule has 7 heteroatoms. The smallest absolute Gasteiger partial charge is 0.417 e. The van der Waals surface area contributed by atoms with Crippen molar-refractivity contribution >= 4 is 17.8 Å². The minimum atomic E-state index is -1.15. The Bertz CT molecular complexity index is 1280. The van der Waals surface area contributed by atoms with Crippen molar-refractivity contribution in [3.8, 4) is 11.1 Å². The number of hydrogen-bond donors (Lipinski definition) is 1. The molecule has 3 aromatic rings. The van der Waals surface area contributed by atoms with Gasteiger partial charge in [-0.25, -0.2) is 9.69 Å². The van der Waals surface area contributed by atoms with Crippen LogP contribution in [0.4, 0.5) is 4.79 Å². The maximum Gasteiger partial charge on any atom is 0.417 e. The van der Waals surface area contributed by atoms with Crippen LogP contribution in [0.25, 0.3) is 11.1 Å². The minimum absolute atomic E-state index is 0.0208. The molecular formula is C31H35NO6. The number of aliphatic hydroxyl groups is 1. The van der Waals surface area contributed by atoms with E-state index in [1.54, 1.807) is 6.07 Å². The van der Waals surface area contributed by atoms with E-state index in [2.05, 4.69) is 0 Å². The van der Waals surface area contributed by atoms with Crippen LogP contribution in [0, 0.1) is 18.8 Å². The molecule has 1 aliphatic rings. The van der Waals surface area contributed by atoms with Gasteiger partial charge in [0.1, 0.15) is 18.3 Å². The molecule has 4 rings (SSSR count). The topological polar surface area (TPSA) is 97.1 Å². The van der Waals surface area contributed by atoms with Crippen LogP contribution in [0.15, 0.2) is 65.1 Å². The number of aliphatic hydroxyl groups excluding tert-OH is 1. The SMILES string of the molecule is Cc1cccc(-c2cc(C(=O)C(Cc3ccccc3)C(=O)N3C(=O)OCC3C(C)C)oc2CCCCO)c1. The van der Waals surface area contributed by atoms with Gasteiger partial charge in [-0.05, 0) is 49.3 Å². The maximum absolute atomic E-state index is 14.0. The van der Waals surface area contributed by atoms with Gasteiger partial charge in [0, 0.05) is 18.6 Å². The summed E-state index contributed by atoms with van der Waals surface area (Å²) in [5.41, 5.74) is 3.59. The van der Waals surface area contributed by atoms with Gasteiger partial charge in [-0.2, -0.15) is 0 Å². The summed E-state index contributed by atoms with van der Waals surface area (Å²) in [6.07, 6.45) is 1.26. The summed E-state index contributed by atoms with van der Waals surface area (Å²) in [6.45, 7) is 6.01. The van der Waals surface area contributed by atoms with E-state index in [0.29, 0.717) is 25.0 Å². The number of cyclic esters (lactones) is 1. The molecule has 1 saturated heterocycles. The van der Waals surface area contributed by atoms with Crippen molar-refractivity contribution in [2.24, 2.45) is 11.8 Å². The molecule has 7 nitrogen and oxygen atoms in total. The Morgan fingerprint density at radius 3 is 2.50 bits per heavy atom. The van der Waals surface area contributed by atoms with Gasteiger partial charge in [0.05, 0.1) is 6.04 Å². The van der Waals surface area contributed by atoms with Crippen LogP contribution < -0.4 is 0 Å². The van der Waals surface area contributed by atoms with E-state index in [4.69, 9.17) is 9.15 Å². The Balaban J connectivity index is 1.73. The quantitative estimate of drug-likeness (QED) is 0.202. The number of furan rings is 1. The van der Waals surface area contributed by atoms with Gasteiger partial charge in [-0.15, -0.1) is 0 Å². The summed E-state index contributed by atoms with van der Waals surface area (Å²) in [7, 11) is 0. The highest BCUT2D eigenvalue weighted by Gasteiger charge is 2.44. The van der Waals surface area contributed by atoms with Crippen molar-refractivity contribution in [3.63, 3.8) is 0 Å². The Morgan fingerprint density at radius 1 is 1.05 bits per heavy atom. The van der Waals surface area contributed by atoms with Crippen molar-refractivity contribution in [2.75, 3.05) is 13.2 Å². The summed E-state index contributed by atoms with van der Waals surface area (Å²) in [5, 5.41) is 9.26. The first-order valence-corrected chi connectivity index (χ1v) is 13.2. The van der Waals surface area contributed by atoms with E-state index in [0.717, 1.165) is 27.2 Å². The molecule has 1 N–H and O–H groups in total. The Hall–Kier alpha value is -3.71. The molecule has 2 heterocycles. The number of rotatable bonds is 11. The molecule has 0 bridgehead atoms. The summed E-state index contributed by atoms with van der Waals surface area (Å²) in [5.74, 6) is -1.49. The maximum atomic E-state index is 14.0. The lowest BCUT2D eigenvalue weighted by Gasteiger charge is -2.26. The van der Waals surface area contributed by atoms with E-state index < -0.39 is 29.7 Å². The van der Waals surface area contributed by atoms with Crippen LogP contribution >= 0.6 is 0 Å². The second-order valence-electron chi connectivity index (χ2n) is 10.2. The fourth-order valence-corrected chi connectivity index (χ4v) is 4.85. The number of ketones is 1. The third-order valence-electron chi connectivity index (χ3n) is 7.00. The van der Waals surface area contributed by atoms with Gasteiger partial charge in [0.2, 0.25) is 11.7 Å². The molecule has 0 radical (unpaired) electrons. The molecule has 200 valence electrons. The van der Waals surface area contributed by atoms with Crippen LogP contribution in [0.1, 0.15) is 54.1 Å². The van der Waals surface area contributed by atoms with Crippen molar-refractivity contribution in [1.82, 2.24) is 4.90 Å². The van der Waals surface area contributed by atoms with E-state index >= 15 is 0 Å². The average Bonchev–Trinajstić information content (AvgIpc) is 3.51. The normalized spacial score (nSPS) is 16.1. The third kappa shape index (κ3) is 6.05. The van der Waals surface area contributed by atoms with Gasteiger partial charge in [0.15, 0.2) is 5.76 Å². The van der Waals surface area contributed by atoms with E-state index in [9.17, 15) is 19.5 Å². The second kappa shape index (κ2) is 12.2. The highest BCUT2D eigenvalue weighted by molar-refractivity contribution is 6.12. The highest BCUT2D eigenvalue weighted by atomic mass is 16.6. The van der Waals surface area contributed by atoms with Gasteiger partial charge < -0.3 is 14.3 Å². The molecule has 2 atom stereocenters. The van der Waals surface area contributed by atoms with E-state index in [-0.39, 0.29) is 31.3 Å². The van der Waals surface area contributed by atoms with Crippen molar-refractivity contribution in [3.05, 3.63) is 83.3 Å². The Morgan fingerprint density at radius 2 is 1.82 bits per heavy atom. The second-order valence-corrected chi connectivity index (χ2v) is 10.2. The van der Waals surface area contributed by atoms with Gasteiger partial charge in [-0.3, -0.25) is 9.59 Å². The molecule has 38 heavy (non-hydrogen) atoms. The van der Waals surface area contributed by atoms with Gasteiger partial charge in [0.25, 0.3) is 0 Å². The average molecular weight is 518 g/mol. The first kappa shape index (κ1) is 27.3. The summed E-state index contributed by atoms with van der Waals surface area (Å²) >= 11 is 0. The number of imide groups is 1. The molecule has 2 unspecified atom stereocenters. The molecule has 1 aliphatic heterocycles. The monoisotopic (exact) mass is 517 g/mol. The van der Waals surface area contributed by atoms with Crippen molar-refractivity contribution in [2.45, 2.75) is 52.5 Å². The van der Waals surface area contributed by atoms with Crippen LogP contribution in [0.3, 0.4) is 0 Å². The predicted octanol–water partition coefficient (Wildman–Crippen LogP) is 5.62. The minimum Gasteiger partial charge on any atom is -0.457 e. The molecule has 2 amide bonds. The largest absolute Gasteiger partial charge is 0.457 e. The predicted molar refractivity (Wildman–Crippen MR) is 144 cm³/mol. The van der Waals surface area contributed by atoms with Crippen LogP contribution in [-0.2, 0) is 22.4 Å². The molecule has 0 spiro atoms. The number of aryl methyl sites for hydroxylation is 2. The standard InChI is InChI=1S/C31H35NO6/c1-20(2)26-19-37-31(36)32(26)30(35)25(17-22-11-5-4-6-12-22)29(34)28-18-24(23-13-9-10-21(3)16-23)27(38-28)14-7-8-15-33/h4-6,9-13,16,18,20,25-26,33H,7-8,14-15,17,19H2,1-3H3. The number of unbranched alkanes of at least 4 members (excludes halogenated alkanes) is 1. The molecular weight excluding hydrogens is 482 g/mol. The van der Waals surface area contributed by atoms with Crippen molar-refractivity contribution in [1.29, 1.82) is 0 Å². The van der Waals surface area contributed by atoms with Gasteiger partial charge in [-0.1, -0.05) is 74.0 Å². The number of Topliss-reactive ketones (excluding diaryl/α,β-unsaturated/α-hetero) is 1. The highest BCUT2D eigenvalue weighted by Crippen LogP contribution is 2.32. The number of hydrogen-bond acceptors (Lipinski definition) is 6. The zero-order valence-corrected chi connectivity index (χ0v) is 22.2. The molecule has 0 saturated carbocycles. The van der Waals surface area contributed by atoms with Crippen molar-refractivity contribution < 1.29 is 28.6 Å². The number of benzene rings is 2. The fourth-order valence-electron chi connectivity index (χ4n) is 4.85. The Labute approximate surface area is 223 Å². The lowest BCUT2D eigenvalue weighted by Crippen LogP contribution is -2.47. The number of carbonyl (C=O) groups is 3. The fraction of sp³-hybridized carbons (Fsp3) is 0.387. The first-order chi connectivity index (χ1) is 18.3.